The zero-order valence-electron chi connectivity index (χ0n) is 6.73. The molecule has 0 spiro atoms. The maximum atomic E-state index is 12.7. The lowest BCUT2D eigenvalue weighted by molar-refractivity contribution is 0.0962. The van der Waals surface area contributed by atoms with Gasteiger partial charge in [0, 0.05) is 5.92 Å². The Labute approximate surface area is 94.3 Å². The molecule has 0 radical (unpaired) electrons. The van der Waals surface area contributed by atoms with Crippen LogP contribution in [0.4, 0.5) is 13.2 Å². The molecule has 2 unspecified atom stereocenters. The van der Waals surface area contributed by atoms with E-state index in [1.807, 2.05) is 0 Å². The molecule has 0 N–H and O–H groups in total. The van der Waals surface area contributed by atoms with E-state index in [2.05, 4.69) is 0 Å². The number of rotatable bonds is 2. The molecule has 6 heteroatoms. The van der Waals surface area contributed by atoms with Crippen LogP contribution in [0.15, 0.2) is 24.1 Å². The van der Waals surface area contributed by atoms with Crippen LogP contribution in [-0.2, 0) is 0 Å². The summed E-state index contributed by atoms with van der Waals surface area (Å²) < 4.78 is 37.9. The smallest absolute Gasteiger partial charge is 0.208 e. The molecule has 0 saturated heterocycles. The van der Waals surface area contributed by atoms with Crippen LogP contribution in [0.3, 0.4) is 0 Å². The third-order valence-electron chi connectivity index (χ3n) is 1.94. The van der Waals surface area contributed by atoms with E-state index in [0.717, 1.165) is 12.2 Å². The van der Waals surface area contributed by atoms with Crippen molar-refractivity contribution in [3.63, 3.8) is 0 Å². The third kappa shape index (κ3) is 2.20. The van der Waals surface area contributed by atoms with Gasteiger partial charge in [-0.1, -0.05) is 6.08 Å². The summed E-state index contributed by atoms with van der Waals surface area (Å²) in [5, 5.41) is 0. The van der Waals surface area contributed by atoms with Crippen molar-refractivity contribution < 1.29 is 13.2 Å². The van der Waals surface area contributed by atoms with Crippen LogP contribution < -0.4 is 0 Å². The summed E-state index contributed by atoms with van der Waals surface area (Å²) in [5.41, 5.74) is 0. The molecule has 0 saturated carbocycles. The first-order valence-electron chi connectivity index (χ1n) is 3.69. The van der Waals surface area contributed by atoms with Crippen molar-refractivity contribution in [2.24, 2.45) is 5.92 Å². The first-order valence-corrected chi connectivity index (χ1v) is 4.95. The van der Waals surface area contributed by atoms with E-state index in [0.29, 0.717) is 6.08 Å². The highest BCUT2D eigenvalue weighted by molar-refractivity contribution is 6.45. The van der Waals surface area contributed by atoms with Crippen LogP contribution in [-0.4, -0.2) is 16.1 Å². The molecular formula is C8H6Cl3F3. The molecule has 0 heterocycles. The molecule has 0 aromatic carbocycles. The monoisotopic (exact) mass is 264 g/mol. The van der Waals surface area contributed by atoms with E-state index >= 15 is 0 Å². The largest absolute Gasteiger partial charge is 0.261 e. The minimum Gasteiger partial charge on any atom is -0.208 e. The van der Waals surface area contributed by atoms with E-state index in [1.54, 1.807) is 0 Å². The van der Waals surface area contributed by atoms with Crippen LogP contribution >= 0.6 is 34.8 Å². The van der Waals surface area contributed by atoms with Gasteiger partial charge in [-0.2, -0.15) is 0 Å². The van der Waals surface area contributed by atoms with E-state index in [-0.39, 0.29) is 0 Å². The van der Waals surface area contributed by atoms with Gasteiger partial charge >= 0.3 is 0 Å². The zero-order valence-corrected chi connectivity index (χ0v) is 9.00. The fourth-order valence-electron chi connectivity index (χ4n) is 1.18. The molecule has 1 aliphatic rings. The second-order valence-corrected chi connectivity index (χ2v) is 4.70. The van der Waals surface area contributed by atoms with E-state index < -0.39 is 27.9 Å². The van der Waals surface area contributed by atoms with Gasteiger partial charge in [-0.05, 0) is 12.2 Å². The highest BCUT2D eigenvalue weighted by Crippen LogP contribution is 2.43. The molecule has 1 aliphatic carbocycles. The predicted octanol–water partition coefficient (Wildman–Crippen LogP) is 4.07. The molecule has 0 aromatic heterocycles. The molecule has 0 amide bonds. The molecule has 0 bridgehead atoms. The summed E-state index contributed by atoms with van der Waals surface area (Å²) in [6, 6.07) is 0. The van der Waals surface area contributed by atoms with Crippen molar-refractivity contribution in [3.8, 4) is 0 Å². The minimum absolute atomic E-state index is 0.641. The second kappa shape index (κ2) is 4.33. The Balaban J connectivity index is 3.04. The van der Waals surface area contributed by atoms with Crippen molar-refractivity contribution in [1.29, 1.82) is 0 Å². The van der Waals surface area contributed by atoms with Crippen LogP contribution in [0, 0.1) is 5.92 Å². The van der Waals surface area contributed by atoms with Crippen LogP contribution in [0.2, 0.25) is 0 Å². The van der Waals surface area contributed by atoms with Gasteiger partial charge in [0.25, 0.3) is 6.43 Å². The molecule has 0 aromatic rings. The highest BCUT2D eigenvalue weighted by Gasteiger charge is 2.47. The van der Waals surface area contributed by atoms with Crippen LogP contribution in [0.1, 0.15) is 0 Å². The molecular weight excluding hydrogens is 259 g/mol. The molecule has 0 fully saturated rings. The lowest BCUT2D eigenvalue weighted by atomic mass is 9.88. The van der Waals surface area contributed by atoms with Crippen molar-refractivity contribution >= 4 is 34.8 Å². The maximum absolute atomic E-state index is 12.7. The normalized spacial score (nSPS) is 32.6. The van der Waals surface area contributed by atoms with E-state index in [1.165, 1.54) is 0 Å². The van der Waals surface area contributed by atoms with E-state index in [9.17, 15) is 13.2 Å². The number of hydrogen-bond donors (Lipinski definition) is 0. The molecule has 0 nitrogen and oxygen atoms in total. The van der Waals surface area contributed by atoms with Gasteiger partial charge in [0.1, 0.15) is 15.5 Å². The van der Waals surface area contributed by atoms with Crippen molar-refractivity contribution in [2.45, 2.75) is 16.1 Å². The Morgan fingerprint density at radius 2 is 1.93 bits per heavy atom. The van der Waals surface area contributed by atoms with Crippen molar-refractivity contribution in [1.82, 2.24) is 0 Å². The fourth-order valence-corrected chi connectivity index (χ4v) is 2.20. The Morgan fingerprint density at radius 1 is 1.36 bits per heavy atom. The maximum Gasteiger partial charge on any atom is 0.261 e. The predicted molar refractivity (Wildman–Crippen MR) is 51.9 cm³/mol. The average Bonchev–Trinajstić information content (AvgIpc) is 2.02. The van der Waals surface area contributed by atoms with Crippen LogP contribution in [0.25, 0.3) is 0 Å². The minimum atomic E-state index is -2.94. The van der Waals surface area contributed by atoms with Gasteiger partial charge in [-0.15, -0.1) is 34.8 Å². The summed E-state index contributed by atoms with van der Waals surface area (Å²) in [4.78, 5) is -3.27. The summed E-state index contributed by atoms with van der Waals surface area (Å²) in [5.74, 6) is -1.82. The van der Waals surface area contributed by atoms with Crippen molar-refractivity contribution in [2.75, 3.05) is 0 Å². The fraction of sp³-hybridized carbons (Fsp3) is 0.500. The Kier molecular flexibility index (Phi) is 3.78. The first-order chi connectivity index (χ1) is 6.38. The van der Waals surface area contributed by atoms with Crippen molar-refractivity contribution in [3.05, 3.63) is 24.1 Å². The Bertz CT molecular complexity index is 275. The molecule has 0 aliphatic heterocycles. The molecule has 1 rings (SSSR count). The number of alkyl halides is 5. The second-order valence-electron chi connectivity index (χ2n) is 2.88. The number of allylic oxidation sites excluding steroid dienone is 4. The SMILES string of the molecule is FC1=CC(Cl)(C(F)F)C(C(Cl)Cl)C=C1. The topological polar surface area (TPSA) is 0 Å². The van der Waals surface area contributed by atoms with Gasteiger partial charge < -0.3 is 0 Å². The molecule has 80 valence electrons. The summed E-state index contributed by atoms with van der Waals surface area (Å²) >= 11 is 16.5. The van der Waals surface area contributed by atoms with Gasteiger partial charge in [-0.25, -0.2) is 13.2 Å². The first kappa shape index (κ1) is 12.2. The third-order valence-corrected chi connectivity index (χ3v) is 3.01. The Hall–Kier alpha value is 0.140. The van der Waals surface area contributed by atoms with E-state index in [4.69, 9.17) is 34.8 Å². The number of hydrogen-bond acceptors (Lipinski definition) is 0. The van der Waals surface area contributed by atoms with Gasteiger partial charge in [0.2, 0.25) is 0 Å². The average molecular weight is 265 g/mol. The summed E-state index contributed by atoms with van der Waals surface area (Å²) in [6.07, 6.45) is -0.128. The Morgan fingerprint density at radius 3 is 2.36 bits per heavy atom. The van der Waals surface area contributed by atoms with Gasteiger partial charge in [-0.3, -0.25) is 0 Å². The lowest BCUT2D eigenvalue weighted by Crippen LogP contribution is -2.41. The molecule has 2 atom stereocenters. The van der Waals surface area contributed by atoms with Crippen LogP contribution in [0.5, 0.6) is 0 Å². The standard InChI is InChI=1S/C8H6Cl3F3/c9-6(10)5-2-1-4(12)3-8(5,11)7(13)14/h1-3,5-7H. The zero-order chi connectivity index (χ0) is 10.9. The number of halogens is 6. The lowest BCUT2D eigenvalue weighted by Gasteiger charge is -2.32. The highest BCUT2D eigenvalue weighted by atomic mass is 35.5. The van der Waals surface area contributed by atoms with Gasteiger partial charge in [0.15, 0.2) is 0 Å². The summed E-state index contributed by atoms with van der Waals surface area (Å²) in [7, 11) is 0. The molecule has 14 heavy (non-hydrogen) atoms. The quantitative estimate of drug-likeness (QED) is 0.660. The summed E-state index contributed by atoms with van der Waals surface area (Å²) in [6.45, 7) is 0. The van der Waals surface area contributed by atoms with Gasteiger partial charge in [0.05, 0.1) is 0 Å².